The molecule has 124 valence electrons. The minimum atomic E-state index is -2.73. The van der Waals surface area contributed by atoms with Crippen molar-refractivity contribution in [2.24, 2.45) is 0 Å². The largest absolute Gasteiger partial charge is 0.335 e. The Bertz CT molecular complexity index is 1030. The molecule has 0 saturated carbocycles. The summed E-state index contributed by atoms with van der Waals surface area (Å²) >= 11 is 0. The van der Waals surface area contributed by atoms with Crippen LogP contribution in [0.2, 0.25) is 0 Å². The van der Waals surface area contributed by atoms with Crippen molar-refractivity contribution in [1.29, 1.82) is 0 Å². The van der Waals surface area contributed by atoms with Gasteiger partial charge in [-0.25, -0.2) is 18.2 Å². The molecule has 0 aliphatic heterocycles. The first kappa shape index (κ1) is 15.4. The van der Waals surface area contributed by atoms with E-state index in [1.54, 1.807) is 24.3 Å². The fourth-order valence-electron chi connectivity index (χ4n) is 2.71. The van der Waals surface area contributed by atoms with Crippen molar-refractivity contribution >= 4 is 11.1 Å². The quantitative estimate of drug-likeness (QED) is 0.485. The number of alkyl halides is 2. The van der Waals surface area contributed by atoms with Crippen molar-refractivity contribution in [1.82, 2.24) is 10.1 Å². The Morgan fingerprint density at radius 2 is 1.60 bits per heavy atom. The van der Waals surface area contributed by atoms with Crippen molar-refractivity contribution < 1.29 is 17.7 Å². The molecule has 0 atom stereocenters. The first-order valence-electron chi connectivity index (χ1n) is 7.53. The molecule has 2 heterocycles. The van der Waals surface area contributed by atoms with Crippen LogP contribution in [0.3, 0.4) is 0 Å². The van der Waals surface area contributed by atoms with Gasteiger partial charge in [0.1, 0.15) is 11.5 Å². The van der Waals surface area contributed by atoms with Gasteiger partial charge in [-0.15, -0.1) is 0 Å². The molecule has 0 N–H and O–H groups in total. The van der Waals surface area contributed by atoms with E-state index in [0.717, 1.165) is 0 Å². The third-order valence-electron chi connectivity index (χ3n) is 3.90. The van der Waals surface area contributed by atoms with Crippen molar-refractivity contribution in [3.05, 3.63) is 72.0 Å². The summed E-state index contributed by atoms with van der Waals surface area (Å²) in [6.07, 6.45) is -2.73. The Hall–Kier alpha value is -3.15. The van der Waals surface area contributed by atoms with E-state index in [1.165, 1.54) is 30.3 Å². The van der Waals surface area contributed by atoms with Crippen molar-refractivity contribution in [3.8, 4) is 22.5 Å². The molecule has 4 rings (SSSR count). The second-order valence-electron chi connectivity index (χ2n) is 5.48. The molecule has 0 radical (unpaired) electrons. The standard InChI is InChI=1S/C19H11F3N2O/c20-13-8-6-11(7-9-13)15-10-14(18(21)22)16-17(24-25-19(16)23-15)12-4-2-1-3-5-12/h1-10,18H. The summed E-state index contributed by atoms with van der Waals surface area (Å²) in [7, 11) is 0. The molecule has 0 amide bonds. The van der Waals surface area contributed by atoms with Gasteiger partial charge in [0, 0.05) is 16.7 Å². The summed E-state index contributed by atoms with van der Waals surface area (Å²) in [4.78, 5) is 4.28. The lowest BCUT2D eigenvalue weighted by molar-refractivity contribution is 0.153. The lowest BCUT2D eigenvalue weighted by Gasteiger charge is -2.07. The minimum Gasteiger partial charge on any atom is -0.335 e. The van der Waals surface area contributed by atoms with Gasteiger partial charge in [0.25, 0.3) is 12.1 Å². The number of hydrogen-bond donors (Lipinski definition) is 0. The Morgan fingerprint density at radius 1 is 0.880 bits per heavy atom. The van der Waals surface area contributed by atoms with Gasteiger partial charge in [-0.05, 0) is 30.3 Å². The maximum absolute atomic E-state index is 13.7. The van der Waals surface area contributed by atoms with Gasteiger partial charge < -0.3 is 4.52 Å². The Kier molecular flexibility index (Phi) is 3.72. The van der Waals surface area contributed by atoms with Crippen LogP contribution in [-0.2, 0) is 0 Å². The smallest absolute Gasteiger partial charge is 0.264 e. The Morgan fingerprint density at radius 3 is 2.28 bits per heavy atom. The number of fused-ring (bicyclic) bond motifs is 1. The molecule has 4 aromatic rings. The van der Waals surface area contributed by atoms with E-state index in [0.29, 0.717) is 16.8 Å². The van der Waals surface area contributed by atoms with Gasteiger partial charge in [-0.2, -0.15) is 0 Å². The summed E-state index contributed by atoms with van der Waals surface area (Å²) in [5.74, 6) is -0.412. The third-order valence-corrected chi connectivity index (χ3v) is 3.90. The van der Waals surface area contributed by atoms with E-state index < -0.39 is 12.2 Å². The molecule has 3 nitrogen and oxygen atoms in total. The molecule has 0 aliphatic carbocycles. The minimum absolute atomic E-state index is 0.0241. The molecule has 6 heteroatoms. The van der Waals surface area contributed by atoms with E-state index in [2.05, 4.69) is 10.1 Å². The SMILES string of the molecule is Fc1ccc(-c2cc(C(F)F)c3c(-c4ccccc4)noc3n2)cc1. The lowest BCUT2D eigenvalue weighted by atomic mass is 10.0. The first-order chi connectivity index (χ1) is 12.1. The molecule has 0 spiro atoms. The Labute approximate surface area is 140 Å². The number of halogens is 3. The highest BCUT2D eigenvalue weighted by molar-refractivity contribution is 5.93. The van der Waals surface area contributed by atoms with Crippen molar-refractivity contribution in [2.45, 2.75) is 6.43 Å². The Balaban J connectivity index is 1.95. The van der Waals surface area contributed by atoms with Crippen LogP contribution in [0.1, 0.15) is 12.0 Å². The summed E-state index contributed by atoms with van der Waals surface area (Å²) in [5.41, 5.74) is 1.59. The highest BCUT2D eigenvalue weighted by Crippen LogP contribution is 2.36. The van der Waals surface area contributed by atoms with Crippen molar-refractivity contribution in [3.63, 3.8) is 0 Å². The molecule has 0 fully saturated rings. The predicted octanol–water partition coefficient (Wildman–Crippen LogP) is 5.63. The number of nitrogens with zero attached hydrogens (tertiary/aromatic N) is 2. The van der Waals surface area contributed by atoms with Crippen LogP contribution in [0, 0.1) is 5.82 Å². The molecule has 2 aromatic heterocycles. The van der Waals surface area contributed by atoms with E-state index >= 15 is 0 Å². The summed E-state index contributed by atoms with van der Waals surface area (Å²) in [5, 5.41) is 4.11. The normalized spacial score (nSPS) is 11.4. The zero-order valence-electron chi connectivity index (χ0n) is 12.8. The second-order valence-corrected chi connectivity index (χ2v) is 5.48. The zero-order valence-corrected chi connectivity index (χ0v) is 12.8. The fraction of sp³-hybridized carbons (Fsp3) is 0.0526. The van der Waals surface area contributed by atoms with Gasteiger partial charge in [-0.3, -0.25) is 0 Å². The molecule has 0 bridgehead atoms. The average molecular weight is 340 g/mol. The lowest BCUT2D eigenvalue weighted by Crippen LogP contribution is -1.93. The highest BCUT2D eigenvalue weighted by Gasteiger charge is 2.22. The number of rotatable bonds is 3. The van der Waals surface area contributed by atoms with Gasteiger partial charge in [0.2, 0.25) is 0 Å². The van der Waals surface area contributed by atoms with E-state index in [9.17, 15) is 13.2 Å². The average Bonchev–Trinajstić information content (AvgIpc) is 3.06. The van der Waals surface area contributed by atoms with E-state index in [4.69, 9.17) is 4.52 Å². The van der Waals surface area contributed by atoms with Crippen molar-refractivity contribution in [2.75, 3.05) is 0 Å². The van der Waals surface area contributed by atoms with E-state index in [-0.39, 0.29) is 22.4 Å². The predicted molar refractivity (Wildman–Crippen MR) is 87.6 cm³/mol. The number of benzene rings is 2. The van der Waals surface area contributed by atoms with Crippen LogP contribution in [0.15, 0.2) is 65.2 Å². The molecule has 25 heavy (non-hydrogen) atoms. The highest BCUT2D eigenvalue weighted by atomic mass is 19.3. The number of pyridine rings is 1. The molecular weight excluding hydrogens is 329 g/mol. The molecule has 2 aromatic carbocycles. The van der Waals surface area contributed by atoms with E-state index in [1.807, 2.05) is 6.07 Å². The number of hydrogen-bond acceptors (Lipinski definition) is 3. The van der Waals surface area contributed by atoms with Crippen LogP contribution in [0.25, 0.3) is 33.6 Å². The fourth-order valence-corrected chi connectivity index (χ4v) is 2.71. The topological polar surface area (TPSA) is 38.9 Å². The monoisotopic (exact) mass is 340 g/mol. The molecule has 0 unspecified atom stereocenters. The van der Waals surface area contributed by atoms with Gasteiger partial charge in [0.05, 0.1) is 11.1 Å². The van der Waals surface area contributed by atoms with Gasteiger partial charge >= 0.3 is 0 Å². The van der Waals surface area contributed by atoms with Gasteiger partial charge in [0.15, 0.2) is 0 Å². The number of aromatic nitrogens is 2. The zero-order chi connectivity index (χ0) is 17.4. The third kappa shape index (κ3) is 2.76. The molecule has 0 aliphatic rings. The molecular formula is C19H11F3N2O. The maximum Gasteiger partial charge on any atom is 0.264 e. The first-order valence-corrected chi connectivity index (χ1v) is 7.53. The van der Waals surface area contributed by atoms with Crippen LogP contribution >= 0.6 is 0 Å². The van der Waals surface area contributed by atoms with Gasteiger partial charge in [-0.1, -0.05) is 35.5 Å². The van der Waals surface area contributed by atoms with Crippen LogP contribution in [0.5, 0.6) is 0 Å². The van der Waals surface area contributed by atoms with Crippen LogP contribution < -0.4 is 0 Å². The summed E-state index contributed by atoms with van der Waals surface area (Å²) < 4.78 is 45.6. The molecule has 0 saturated heterocycles. The van der Waals surface area contributed by atoms with Crippen LogP contribution in [-0.4, -0.2) is 10.1 Å². The summed E-state index contributed by atoms with van der Waals surface area (Å²) in [6.45, 7) is 0. The maximum atomic E-state index is 13.7. The van der Waals surface area contributed by atoms with Crippen LogP contribution in [0.4, 0.5) is 13.2 Å². The summed E-state index contributed by atoms with van der Waals surface area (Å²) in [6, 6.07) is 15.7. The second kappa shape index (κ2) is 6.05.